The minimum Gasteiger partial charge on any atom is -0.481 e. The SMILES string of the molecule is O=C(O)Cc1csc(Sc2ncc([N+](=O)[O-])cn2)n1. The average Bonchev–Trinajstić information content (AvgIpc) is 2.76. The lowest BCUT2D eigenvalue weighted by molar-refractivity contribution is -0.385. The Labute approximate surface area is 114 Å². The summed E-state index contributed by atoms with van der Waals surface area (Å²) in [6.07, 6.45) is 2.08. The van der Waals surface area contributed by atoms with Gasteiger partial charge in [-0.15, -0.1) is 11.3 Å². The van der Waals surface area contributed by atoms with E-state index in [1.165, 1.54) is 11.3 Å². The summed E-state index contributed by atoms with van der Waals surface area (Å²) < 4.78 is 0.588. The maximum Gasteiger partial charge on any atom is 0.309 e. The predicted octanol–water partition coefficient (Wildman–Crippen LogP) is 1.62. The molecule has 98 valence electrons. The number of carbonyl (C=O) groups is 1. The number of carboxylic acid groups (broad SMARTS) is 1. The van der Waals surface area contributed by atoms with Crippen LogP contribution < -0.4 is 0 Å². The summed E-state index contributed by atoms with van der Waals surface area (Å²) in [6, 6.07) is 0. The Hall–Kier alpha value is -2.07. The van der Waals surface area contributed by atoms with Gasteiger partial charge in [0.05, 0.1) is 17.0 Å². The molecule has 0 aromatic carbocycles. The molecule has 10 heteroatoms. The zero-order chi connectivity index (χ0) is 13.8. The molecule has 0 atom stereocenters. The second-order valence-electron chi connectivity index (χ2n) is 3.26. The number of aromatic nitrogens is 3. The highest BCUT2D eigenvalue weighted by Crippen LogP contribution is 2.28. The number of hydrogen-bond acceptors (Lipinski definition) is 8. The summed E-state index contributed by atoms with van der Waals surface area (Å²) >= 11 is 2.40. The van der Waals surface area contributed by atoms with Gasteiger partial charge in [0.15, 0.2) is 9.50 Å². The normalized spacial score (nSPS) is 10.3. The van der Waals surface area contributed by atoms with Crippen LogP contribution in [0.1, 0.15) is 5.69 Å². The predicted molar refractivity (Wildman–Crippen MR) is 66.3 cm³/mol. The zero-order valence-electron chi connectivity index (χ0n) is 9.22. The lowest BCUT2D eigenvalue weighted by Gasteiger charge is -1.95. The second-order valence-corrected chi connectivity index (χ2v) is 5.33. The maximum atomic E-state index is 10.5. The van der Waals surface area contributed by atoms with Crippen LogP contribution in [0.2, 0.25) is 0 Å². The van der Waals surface area contributed by atoms with E-state index >= 15 is 0 Å². The molecule has 2 rings (SSSR count). The van der Waals surface area contributed by atoms with Gasteiger partial charge in [-0.3, -0.25) is 14.9 Å². The molecule has 0 aliphatic rings. The first-order chi connectivity index (χ1) is 9.04. The van der Waals surface area contributed by atoms with Crippen molar-refractivity contribution in [2.24, 2.45) is 0 Å². The Kier molecular flexibility index (Phi) is 4.02. The van der Waals surface area contributed by atoms with E-state index in [4.69, 9.17) is 5.11 Å². The van der Waals surface area contributed by atoms with Gasteiger partial charge >= 0.3 is 11.7 Å². The highest BCUT2D eigenvalue weighted by Gasteiger charge is 2.11. The summed E-state index contributed by atoms with van der Waals surface area (Å²) in [7, 11) is 0. The monoisotopic (exact) mass is 298 g/mol. The molecule has 0 spiro atoms. The molecule has 2 heterocycles. The molecule has 1 N–H and O–H groups in total. The van der Waals surface area contributed by atoms with E-state index in [-0.39, 0.29) is 12.1 Å². The molecule has 0 aliphatic heterocycles. The number of rotatable bonds is 5. The third kappa shape index (κ3) is 3.69. The summed E-state index contributed by atoms with van der Waals surface area (Å²) in [4.78, 5) is 32.1. The van der Waals surface area contributed by atoms with Crippen molar-refractivity contribution in [2.75, 3.05) is 0 Å². The number of thiazole rings is 1. The van der Waals surface area contributed by atoms with Gasteiger partial charge in [0, 0.05) is 5.38 Å². The van der Waals surface area contributed by atoms with E-state index in [1.807, 2.05) is 0 Å². The first-order valence-corrected chi connectivity index (χ1v) is 6.54. The van der Waals surface area contributed by atoms with E-state index in [0.29, 0.717) is 15.2 Å². The maximum absolute atomic E-state index is 10.5. The fraction of sp³-hybridized carbons (Fsp3) is 0.111. The molecule has 0 unspecified atom stereocenters. The number of hydrogen-bond donors (Lipinski definition) is 1. The molecule has 0 saturated carbocycles. The van der Waals surface area contributed by atoms with Gasteiger partial charge in [0.1, 0.15) is 12.4 Å². The van der Waals surface area contributed by atoms with Gasteiger partial charge in [-0.1, -0.05) is 0 Å². The van der Waals surface area contributed by atoms with Gasteiger partial charge in [-0.05, 0) is 11.8 Å². The summed E-state index contributed by atoms with van der Waals surface area (Å²) in [5.74, 6) is -0.951. The first-order valence-electron chi connectivity index (χ1n) is 4.85. The molecule has 0 saturated heterocycles. The molecule has 0 fully saturated rings. The van der Waals surface area contributed by atoms with E-state index in [9.17, 15) is 14.9 Å². The third-order valence-electron chi connectivity index (χ3n) is 1.87. The summed E-state index contributed by atoms with van der Waals surface area (Å²) in [6.45, 7) is 0. The standard InChI is InChI=1S/C9H6N4O4S2/c14-7(15)1-5-4-18-9(12-5)19-8-10-2-6(3-11-8)13(16)17/h2-4H,1H2,(H,14,15). The van der Waals surface area contributed by atoms with Crippen LogP contribution in [0.15, 0.2) is 27.3 Å². The lowest BCUT2D eigenvalue weighted by Crippen LogP contribution is -1.99. The molecular formula is C9H6N4O4S2. The van der Waals surface area contributed by atoms with Crippen LogP contribution in [0.3, 0.4) is 0 Å². The molecule has 8 nitrogen and oxygen atoms in total. The van der Waals surface area contributed by atoms with Crippen molar-refractivity contribution in [3.8, 4) is 0 Å². The number of carboxylic acids is 1. The van der Waals surface area contributed by atoms with Gasteiger partial charge < -0.3 is 5.11 Å². The fourth-order valence-electron chi connectivity index (χ4n) is 1.11. The minimum absolute atomic E-state index is 0.141. The topological polar surface area (TPSA) is 119 Å². The minimum atomic E-state index is -0.951. The van der Waals surface area contributed by atoms with Crippen molar-refractivity contribution in [3.63, 3.8) is 0 Å². The molecule has 19 heavy (non-hydrogen) atoms. The Morgan fingerprint density at radius 3 is 2.74 bits per heavy atom. The van der Waals surface area contributed by atoms with Crippen LogP contribution >= 0.6 is 23.1 Å². The van der Waals surface area contributed by atoms with Crippen molar-refractivity contribution in [2.45, 2.75) is 15.9 Å². The van der Waals surface area contributed by atoms with Crippen molar-refractivity contribution in [1.29, 1.82) is 0 Å². The molecule has 2 aromatic heterocycles. The van der Waals surface area contributed by atoms with Gasteiger partial charge in [-0.2, -0.15) is 0 Å². The summed E-state index contributed by atoms with van der Waals surface area (Å²) in [5.41, 5.74) is 0.275. The van der Waals surface area contributed by atoms with E-state index in [2.05, 4.69) is 15.0 Å². The Morgan fingerprint density at radius 1 is 1.47 bits per heavy atom. The average molecular weight is 298 g/mol. The van der Waals surface area contributed by atoms with Crippen molar-refractivity contribution >= 4 is 34.8 Å². The van der Waals surface area contributed by atoms with Gasteiger partial charge in [0.2, 0.25) is 0 Å². The molecule has 2 aromatic rings. The largest absolute Gasteiger partial charge is 0.481 e. The van der Waals surface area contributed by atoms with Crippen LogP contribution in [0, 0.1) is 10.1 Å². The summed E-state index contributed by atoms with van der Waals surface area (Å²) in [5, 5.41) is 21.0. The Balaban J connectivity index is 2.06. The number of aliphatic carboxylic acids is 1. The number of nitro groups is 1. The smallest absolute Gasteiger partial charge is 0.309 e. The van der Waals surface area contributed by atoms with Crippen LogP contribution in [0.4, 0.5) is 5.69 Å². The second kappa shape index (κ2) is 5.71. The zero-order valence-corrected chi connectivity index (χ0v) is 10.8. The van der Waals surface area contributed by atoms with E-state index in [1.54, 1.807) is 5.38 Å². The molecule has 0 aliphatic carbocycles. The molecule has 0 radical (unpaired) electrons. The van der Waals surface area contributed by atoms with E-state index < -0.39 is 10.9 Å². The molecular weight excluding hydrogens is 292 g/mol. The van der Waals surface area contributed by atoms with Crippen molar-refractivity contribution < 1.29 is 14.8 Å². The molecule has 0 bridgehead atoms. The highest BCUT2D eigenvalue weighted by atomic mass is 32.2. The fourth-order valence-corrected chi connectivity index (χ4v) is 2.74. The van der Waals surface area contributed by atoms with Crippen LogP contribution in [-0.4, -0.2) is 31.0 Å². The first kappa shape index (κ1) is 13.4. The third-order valence-corrected chi connectivity index (χ3v) is 3.75. The Morgan fingerprint density at radius 2 is 2.16 bits per heavy atom. The number of nitrogens with zero attached hydrogens (tertiary/aromatic N) is 4. The van der Waals surface area contributed by atoms with Crippen molar-refractivity contribution in [3.05, 3.63) is 33.6 Å². The Bertz CT molecular complexity index is 613. The highest BCUT2D eigenvalue weighted by molar-refractivity contribution is 8.00. The van der Waals surface area contributed by atoms with Gasteiger partial charge in [0.25, 0.3) is 0 Å². The van der Waals surface area contributed by atoms with Gasteiger partial charge in [-0.25, -0.2) is 15.0 Å². The van der Waals surface area contributed by atoms with Crippen LogP contribution in [0.25, 0.3) is 0 Å². The van der Waals surface area contributed by atoms with Crippen LogP contribution in [0.5, 0.6) is 0 Å². The van der Waals surface area contributed by atoms with E-state index in [0.717, 1.165) is 24.2 Å². The lowest BCUT2D eigenvalue weighted by atomic mass is 10.3. The van der Waals surface area contributed by atoms with Crippen LogP contribution in [-0.2, 0) is 11.2 Å². The van der Waals surface area contributed by atoms with Crippen molar-refractivity contribution in [1.82, 2.24) is 15.0 Å². The molecule has 0 amide bonds. The quantitative estimate of drug-likeness (QED) is 0.502.